The summed E-state index contributed by atoms with van der Waals surface area (Å²) in [4.78, 5) is 0. The predicted octanol–water partition coefficient (Wildman–Crippen LogP) is 14.9. The fourth-order valence-corrected chi connectivity index (χ4v) is 20.3. The molecule has 0 heterocycles. The second-order valence-electron chi connectivity index (χ2n) is 17.7. The predicted molar refractivity (Wildman–Crippen MR) is 220 cm³/mol. The Bertz CT molecular complexity index is 1140. The summed E-state index contributed by atoms with van der Waals surface area (Å²) in [7, 11) is 8.25. The molecule has 10 atom stereocenters. The number of fused-ring (bicyclic) bond motifs is 2. The molecule has 280 valence electrons. The number of ether oxygens (including phenoxy) is 1. The van der Waals surface area contributed by atoms with Gasteiger partial charge in [0.2, 0.25) is 0 Å². The molecule has 0 amide bonds. The molecular weight excluding hydrogens is 747 g/mol. The van der Waals surface area contributed by atoms with Gasteiger partial charge in [0.25, 0.3) is 0 Å². The molecule has 10 unspecified atom stereocenters. The average molecular weight is 819 g/mol. The minimum absolute atomic E-state index is 0. The van der Waals surface area contributed by atoms with Crippen LogP contribution in [0, 0.1) is 50.4 Å². The van der Waals surface area contributed by atoms with Crippen LogP contribution in [0.15, 0.2) is 60.7 Å². The van der Waals surface area contributed by atoms with Crippen molar-refractivity contribution in [1.82, 2.24) is 0 Å². The van der Waals surface area contributed by atoms with Gasteiger partial charge in [-0.25, -0.2) is 0 Å². The molecule has 6 rings (SSSR count). The quantitative estimate of drug-likeness (QED) is 0.125. The van der Waals surface area contributed by atoms with Crippen LogP contribution in [0.5, 0.6) is 0 Å². The SMILES string of the molecule is CC1CC2C(c3ccccc3)CCCC2C1[Si](C)(CCCCCCOC(C)(C)C)C1C(C)CC2C(c3ccccc3)CCCC21.[CH3-].[CH3-].[Cl][Zr+2][Cl]. The van der Waals surface area contributed by atoms with Gasteiger partial charge >= 0.3 is 37.9 Å². The Morgan fingerprint density at radius 2 is 1.08 bits per heavy atom. The monoisotopic (exact) mass is 816 g/mol. The first-order valence-electron chi connectivity index (χ1n) is 19.8. The van der Waals surface area contributed by atoms with Gasteiger partial charge in [-0.2, -0.15) is 0 Å². The zero-order chi connectivity index (χ0) is 34.3. The van der Waals surface area contributed by atoms with Crippen molar-refractivity contribution < 1.29 is 25.6 Å². The molecular formula is C45H72Cl2OSiZr. The van der Waals surface area contributed by atoms with Gasteiger partial charge in [0.15, 0.2) is 0 Å². The van der Waals surface area contributed by atoms with E-state index in [-0.39, 0.29) is 20.5 Å². The van der Waals surface area contributed by atoms with Crippen LogP contribution < -0.4 is 0 Å². The zero-order valence-electron chi connectivity index (χ0n) is 33.1. The molecule has 50 heavy (non-hydrogen) atoms. The Kier molecular flexibility index (Phi) is 18.4. The molecule has 0 N–H and O–H groups in total. The number of rotatable bonds is 11. The molecule has 0 aliphatic heterocycles. The van der Waals surface area contributed by atoms with E-state index >= 15 is 0 Å². The van der Waals surface area contributed by atoms with E-state index in [9.17, 15) is 0 Å². The van der Waals surface area contributed by atoms with Crippen LogP contribution in [0.2, 0.25) is 23.7 Å². The van der Waals surface area contributed by atoms with E-state index in [2.05, 4.69) is 102 Å². The first kappa shape index (κ1) is 44.5. The molecule has 0 spiro atoms. The number of hydrogen-bond donors (Lipinski definition) is 0. The van der Waals surface area contributed by atoms with Gasteiger partial charge in [0.1, 0.15) is 0 Å². The first-order valence-corrected chi connectivity index (χ1v) is 29.0. The third-order valence-electron chi connectivity index (χ3n) is 13.8. The van der Waals surface area contributed by atoms with Gasteiger partial charge in [0.05, 0.1) is 13.7 Å². The molecule has 0 bridgehead atoms. The summed E-state index contributed by atoms with van der Waals surface area (Å²) in [5, 5.41) is 0. The average Bonchev–Trinajstić information content (AvgIpc) is 3.60. The third-order valence-corrected chi connectivity index (χ3v) is 20.3. The Labute approximate surface area is 329 Å². The molecule has 0 radical (unpaired) electrons. The van der Waals surface area contributed by atoms with E-state index in [1.807, 2.05) is 0 Å². The van der Waals surface area contributed by atoms with Crippen molar-refractivity contribution in [2.24, 2.45) is 35.5 Å². The normalized spacial score (nSPS) is 32.9. The second kappa shape index (κ2) is 20.7. The van der Waals surface area contributed by atoms with Crippen molar-refractivity contribution in [1.29, 1.82) is 0 Å². The molecule has 0 saturated heterocycles. The van der Waals surface area contributed by atoms with E-state index in [0.717, 1.165) is 65.0 Å². The van der Waals surface area contributed by atoms with E-state index in [1.165, 1.54) is 77.0 Å². The number of halogens is 2. The standard InChI is InChI=1S/C43H66OSi.2CH3.2ClH.Zr/c1-31-29-39-35(33-19-11-9-12-20-33)23-17-25-37(39)41(31)45(6,28-16-8-7-15-27-44-43(3,4)5)42-32(2)30-40-36(24-18-26-38(40)42)34-21-13-10-14-22-34;;;;;/h9-14,19-22,31-32,35-42H,7-8,15-18,23-30H2,1-6H3;2*1H3;2*1H;/q;2*-1;;;+4/p-2. The van der Waals surface area contributed by atoms with Crippen molar-refractivity contribution in [2.45, 2.75) is 153 Å². The Hall–Kier alpha value is 0.0800. The van der Waals surface area contributed by atoms with E-state index in [0.29, 0.717) is 0 Å². The topological polar surface area (TPSA) is 9.23 Å². The first-order chi connectivity index (χ1) is 23.1. The maximum absolute atomic E-state index is 6.09. The van der Waals surface area contributed by atoms with Gasteiger partial charge in [-0.3, -0.25) is 0 Å². The number of benzene rings is 2. The fraction of sp³-hybridized carbons (Fsp3) is 0.689. The Balaban J connectivity index is 0.00000131. The van der Waals surface area contributed by atoms with Gasteiger partial charge in [-0.1, -0.05) is 132 Å². The molecule has 4 aliphatic rings. The van der Waals surface area contributed by atoms with Crippen molar-refractivity contribution >= 4 is 25.1 Å². The van der Waals surface area contributed by atoms with Crippen molar-refractivity contribution in [2.75, 3.05) is 6.61 Å². The number of unbranched alkanes of at least 4 members (excludes halogenated alkanes) is 3. The van der Waals surface area contributed by atoms with Crippen LogP contribution >= 0.6 is 17.0 Å². The molecule has 5 heteroatoms. The number of hydrogen-bond acceptors (Lipinski definition) is 1. The summed E-state index contributed by atoms with van der Waals surface area (Å²) in [6, 6.07) is 25.0. The van der Waals surface area contributed by atoms with Crippen molar-refractivity contribution in [3.05, 3.63) is 86.6 Å². The molecule has 4 saturated carbocycles. The van der Waals surface area contributed by atoms with Crippen LogP contribution in [0.1, 0.15) is 135 Å². The Morgan fingerprint density at radius 3 is 1.50 bits per heavy atom. The molecule has 4 fully saturated rings. The summed E-state index contributed by atoms with van der Waals surface area (Å²) in [5.74, 6) is 7.17. The molecule has 4 aliphatic carbocycles. The zero-order valence-corrected chi connectivity index (χ0v) is 38.1. The van der Waals surface area contributed by atoms with E-state index < -0.39 is 28.9 Å². The van der Waals surface area contributed by atoms with Gasteiger partial charge in [-0.05, 0) is 122 Å². The fourth-order valence-electron chi connectivity index (χ4n) is 12.6. The Morgan fingerprint density at radius 1 is 0.660 bits per heavy atom. The molecule has 1 nitrogen and oxygen atoms in total. The summed E-state index contributed by atoms with van der Waals surface area (Å²) in [6.07, 6.45) is 17.2. The van der Waals surface area contributed by atoms with Gasteiger partial charge < -0.3 is 19.6 Å². The summed E-state index contributed by atoms with van der Waals surface area (Å²) in [6.45, 7) is 16.0. The van der Waals surface area contributed by atoms with Crippen LogP contribution in [0.25, 0.3) is 0 Å². The second-order valence-corrected chi connectivity index (χ2v) is 26.3. The molecule has 0 aromatic heterocycles. The van der Waals surface area contributed by atoms with Crippen LogP contribution in [-0.2, 0) is 25.6 Å². The van der Waals surface area contributed by atoms with Crippen LogP contribution in [0.4, 0.5) is 0 Å². The van der Waals surface area contributed by atoms with Gasteiger partial charge in [-0.15, -0.1) is 0 Å². The van der Waals surface area contributed by atoms with E-state index in [1.54, 1.807) is 17.2 Å². The summed E-state index contributed by atoms with van der Waals surface area (Å²) >= 11 is -0.826. The van der Waals surface area contributed by atoms with E-state index in [4.69, 9.17) is 21.8 Å². The molecule has 2 aromatic carbocycles. The molecule has 2 aromatic rings. The van der Waals surface area contributed by atoms with Gasteiger partial charge in [0, 0.05) is 6.61 Å². The minimum atomic E-state index is -1.62. The summed E-state index contributed by atoms with van der Waals surface area (Å²) < 4.78 is 6.09. The maximum atomic E-state index is 6.09. The van der Waals surface area contributed by atoms with Crippen molar-refractivity contribution in [3.8, 4) is 0 Å². The van der Waals surface area contributed by atoms with Crippen LogP contribution in [-0.4, -0.2) is 20.3 Å². The van der Waals surface area contributed by atoms with Crippen molar-refractivity contribution in [3.63, 3.8) is 0 Å². The van der Waals surface area contributed by atoms with Crippen LogP contribution in [0.3, 0.4) is 0 Å². The summed E-state index contributed by atoms with van der Waals surface area (Å²) in [5.41, 5.74) is 5.31. The third kappa shape index (κ3) is 10.6.